The van der Waals surface area contributed by atoms with Crippen LogP contribution < -0.4 is 15.8 Å². The molecule has 1 aromatic heterocycles. The van der Waals surface area contributed by atoms with Crippen LogP contribution in [0.2, 0.25) is 0 Å². The van der Waals surface area contributed by atoms with Crippen molar-refractivity contribution in [2.24, 2.45) is 5.73 Å². The topological polar surface area (TPSA) is 65.1 Å². The number of anilines is 1. The van der Waals surface area contributed by atoms with Crippen molar-refractivity contribution in [3.05, 3.63) is 42.5 Å². The van der Waals surface area contributed by atoms with Gasteiger partial charge in [0.05, 0.1) is 19.1 Å². The molecule has 0 aliphatic carbocycles. The zero-order valence-corrected chi connectivity index (χ0v) is 11.2. The Balaban J connectivity index is 1.87. The summed E-state index contributed by atoms with van der Waals surface area (Å²) in [5.74, 6) is 0.847. The number of ether oxygens (including phenoxy) is 1. The second-order valence-corrected chi connectivity index (χ2v) is 4.32. The zero-order valence-electron chi connectivity index (χ0n) is 11.2. The number of imidazole rings is 1. The fourth-order valence-corrected chi connectivity index (χ4v) is 1.92. The van der Waals surface area contributed by atoms with Crippen LogP contribution in [-0.2, 0) is 13.1 Å². The molecule has 3 N–H and O–H groups in total. The van der Waals surface area contributed by atoms with Crippen molar-refractivity contribution < 1.29 is 4.74 Å². The van der Waals surface area contributed by atoms with Crippen molar-refractivity contribution in [2.45, 2.75) is 19.5 Å². The van der Waals surface area contributed by atoms with Gasteiger partial charge in [-0.05, 0) is 24.1 Å². The number of rotatable bonds is 7. The van der Waals surface area contributed by atoms with Gasteiger partial charge in [0, 0.05) is 32.0 Å². The number of nitrogens with two attached hydrogens (primary N) is 1. The van der Waals surface area contributed by atoms with Crippen LogP contribution in [0, 0.1) is 0 Å². The van der Waals surface area contributed by atoms with Crippen LogP contribution in [0.4, 0.5) is 5.69 Å². The molecule has 0 saturated carbocycles. The van der Waals surface area contributed by atoms with E-state index in [1.54, 1.807) is 13.3 Å². The Morgan fingerprint density at radius 1 is 1.42 bits per heavy atom. The van der Waals surface area contributed by atoms with Gasteiger partial charge in [0.1, 0.15) is 5.75 Å². The molecule has 0 radical (unpaired) electrons. The Bertz CT molecular complexity index is 496. The van der Waals surface area contributed by atoms with E-state index in [1.165, 1.54) is 0 Å². The van der Waals surface area contributed by atoms with E-state index in [4.69, 9.17) is 10.5 Å². The molecule has 2 rings (SSSR count). The van der Waals surface area contributed by atoms with E-state index >= 15 is 0 Å². The lowest BCUT2D eigenvalue weighted by molar-refractivity contribution is 0.416. The monoisotopic (exact) mass is 260 g/mol. The number of hydrogen-bond donors (Lipinski definition) is 2. The molecule has 102 valence electrons. The average molecular weight is 260 g/mol. The molecule has 0 spiro atoms. The molecule has 5 heteroatoms. The van der Waals surface area contributed by atoms with Gasteiger partial charge in [-0.2, -0.15) is 0 Å². The second kappa shape index (κ2) is 6.80. The molecule has 0 bridgehead atoms. The van der Waals surface area contributed by atoms with Gasteiger partial charge in [-0.1, -0.05) is 6.07 Å². The summed E-state index contributed by atoms with van der Waals surface area (Å²) in [4.78, 5) is 4.02. The summed E-state index contributed by atoms with van der Waals surface area (Å²) < 4.78 is 7.39. The lowest BCUT2D eigenvalue weighted by atomic mass is 10.2. The zero-order chi connectivity index (χ0) is 13.5. The van der Waals surface area contributed by atoms with Crippen molar-refractivity contribution in [3.8, 4) is 5.75 Å². The molecule has 0 saturated heterocycles. The van der Waals surface area contributed by atoms with Gasteiger partial charge in [-0.25, -0.2) is 4.98 Å². The molecule has 0 unspecified atom stereocenters. The summed E-state index contributed by atoms with van der Waals surface area (Å²) in [7, 11) is 1.67. The first kappa shape index (κ1) is 13.4. The van der Waals surface area contributed by atoms with E-state index in [9.17, 15) is 0 Å². The van der Waals surface area contributed by atoms with Gasteiger partial charge in [0.2, 0.25) is 0 Å². The highest BCUT2D eigenvalue weighted by Gasteiger charge is 2.03. The number of methoxy groups -OCH3 is 1. The van der Waals surface area contributed by atoms with Crippen molar-refractivity contribution >= 4 is 5.69 Å². The number of aromatic nitrogens is 2. The van der Waals surface area contributed by atoms with E-state index in [-0.39, 0.29) is 0 Å². The molecule has 0 fully saturated rings. The SMILES string of the molecule is COc1ccc(CN)cc1NCCCn1ccnc1. The van der Waals surface area contributed by atoms with Gasteiger partial charge < -0.3 is 20.4 Å². The van der Waals surface area contributed by atoms with Gasteiger partial charge in [0.25, 0.3) is 0 Å². The summed E-state index contributed by atoms with van der Waals surface area (Å²) in [5, 5.41) is 3.39. The average Bonchev–Trinajstić information content (AvgIpc) is 2.96. The first-order valence-corrected chi connectivity index (χ1v) is 6.40. The fraction of sp³-hybridized carbons (Fsp3) is 0.357. The number of aryl methyl sites for hydroxylation is 1. The third kappa shape index (κ3) is 3.72. The smallest absolute Gasteiger partial charge is 0.141 e. The molecule has 19 heavy (non-hydrogen) atoms. The highest BCUT2D eigenvalue weighted by Crippen LogP contribution is 2.25. The molecule has 0 atom stereocenters. The minimum absolute atomic E-state index is 0.535. The lowest BCUT2D eigenvalue weighted by Crippen LogP contribution is -2.07. The van der Waals surface area contributed by atoms with Crippen LogP contribution in [0.15, 0.2) is 36.9 Å². The fourth-order valence-electron chi connectivity index (χ4n) is 1.92. The molecular formula is C14H20N4O. The minimum atomic E-state index is 0.535. The normalized spacial score (nSPS) is 10.4. The molecule has 0 aliphatic rings. The largest absolute Gasteiger partial charge is 0.495 e. The summed E-state index contributed by atoms with van der Waals surface area (Å²) >= 11 is 0. The summed E-state index contributed by atoms with van der Waals surface area (Å²) in [5.41, 5.74) is 7.74. The second-order valence-electron chi connectivity index (χ2n) is 4.32. The predicted octanol–water partition coefficient (Wildman–Crippen LogP) is 1.85. The summed E-state index contributed by atoms with van der Waals surface area (Å²) in [6, 6.07) is 5.96. The molecule has 0 amide bonds. The summed E-state index contributed by atoms with van der Waals surface area (Å²) in [6.45, 7) is 2.36. The molecule has 5 nitrogen and oxygen atoms in total. The highest BCUT2D eigenvalue weighted by molar-refractivity contribution is 5.58. The summed E-state index contributed by atoms with van der Waals surface area (Å²) in [6.07, 6.45) is 6.61. The maximum Gasteiger partial charge on any atom is 0.141 e. The van der Waals surface area contributed by atoms with Crippen molar-refractivity contribution in [3.63, 3.8) is 0 Å². The maximum atomic E-state index is 5.65. The van der Waals surface area contributed by atoms with Gasteiger partial charge >= 0.3 is 0 Å². The Kier molecular flexibility index (Phi) is 4.80. The molecule has 2 aromatic rings. The van der Waals surface area contributed by atoms with Crippen LogP contribution >= 0.6 is 0 Å². The Labute approximate surface area is 113 Å². The van der Waals surface area contributed by atoms with Crippen molar-refractivity contribution in [2.75, 3.05) is 19.0 Å². The minimum Gasteiger partial charge on any atom is -0.495 e. The van der Waals surface area contributed by atoms with E-state index in [2.05, 4.69) is 14.9 Å². The first-order chi connectivity index (χ1) is 9.33. The quantitative estimate of drug-likeness (QED) is 0.746. The van der Waals surface area contributed by atoms with Crippen LogP contribution in [-0.4, -0.2) is 23.2 Å². The van der Waals surface area contributed by atoms with E-state index in [0.717, 1.165) is 36.5 Å². The van der Waals surface area contributed by atoms with Gasteiger partial charge in [-0.15, -0.1) is 0 Å². The highest BCUT2D eigenvalue weighted by atomic mass is 16.5. The Morgan fingerprint density at radius 3 is 3.00 bits per heavy atom. The van der Waals surface area contributed by atoms with Crippen LogP contribution in [0.3, 0.4) is 0 Å². The molecule has 1 heterocycles. The maximum absolute atomic E-state index is 5.65. The standard InChI is InChI=1S/C14H20N4O/c1-19-14-4-3-12(10-15)9-13(14)17-5-2-7-18-8-6-16-11-18/h3-4,6,8-9,11,17H,2,5,7,10,15H2,1H3. The van der Waals surface area contributed by atoms with Crippen molar-refractivity contribution in [1.29, 1.82) is 0 Å². The van der Waals surface area contributed by atoms with Crippen LogP contribution in [0.5, 0.6) is 5.75 Å². The van der Waals surface area contributed by atoms with Crippen molar-refractivity contribution in [1.82, 2.24) is 9.55 Å². The third-order valence-electron chi connectivity index (χ3n) is 2.97. The first-order valence-electron chi connectivity index (χ1n) is 6.40. The molecule has 0 aliphatic heterocycles. The van der Waals surface area contributed by atoms with Crippen LogP contribution in [0.25, 0.3) is 0 Å². The van der Waals surface area contributed by atoms with Gasteiger partial charge in [-0.3, -0.25) is 0 Å². The van der Waals surface area contributed by atoms with E-state index < -0.39 is 0 Å². The number of nitrogens with zero attached hydrogens (tertiary/aromatic N) is 2. The molecule has 1 aromatic carbocycles. The molecular weight excluding hydrogens is 240 g/mol. The van der Waals surface area contributed by atoms with E-state index in [1.807, 2.05) is 30.7 Å². The Morgan fingerprint density at radius 2 is 2.32 bits per heavy atom. The third-order valence-corrected chi connectivity index (χ3v) is 2.97. The number of nitrogens with one attached hydrogen (secondary N) is 1. The lowest BCUT2D eigenvalue weighted by Gasteiger charge is -2.12. The number of benzene rings is 1. The Hall–Kier alpha value is -2.01. The van der Waals surface area contributed by atoms with E-state index in [0.29, 0.717) is 6.54 Å². The number of hydrogen-bond acceptors (Lipinski definition) is 4. The van der Waals surface area contributed by atoms with Crippen LogP contribution in [0.1, 0.15) is 12.0 Å². The predicted molar refractivity (Wildman–Crippen MR) is 76.2 cm³/mol. The van der Waals surface area contributed by atoms with Gasteiger partial charge in [0.15, 0.2) is 0 Å².